The Kier molecular flexibility index (Phi) is 3.52. The van der Waals surface area contributed by atoms with Gasteiger partial charge in [0.25, 0.3) is 10.1 Å². The zero-order chi connectivity index (χ0) is 8.20. The van der Waals surface area contributed by atoms with Crippen LogP contribution in [0, 0.1) is 0 Å². The Bertz CT molecular complexity index is 207. The predicted molar refractivity (Wildman–Crippen MR) is 39.2 cm³/mol. The Morgan fingerprint density at radius 3 is 2.40 bits per heavy atom. The highest BCUT2D eigenvalue weighted by Gasteiger charge is 2.04. The summed E-state index contributed by atoms with van der Waals surface area (Å²) in [5.74, 6) is -0.188. The van der Waals surface area contributed by atoms with E-state index in [1.54, 1.807) is 11.6 Å². The molecule has 0 aromatic carbocycles. The van der Waals surface area contributed by atoms with E-state index in [0.29, 0.717) is 13.0 Å². The monoisotopic (exact) mass is 166 g/mol. The zero-order valence-corrected chi connectivity index (χ0v) is 6.76. The smallest absolute Gasteiger partial charge is 0.265 e. The van der Waals surface area contributed by atoms with Gasteiger partial charge in [-0.3, -0.25) is 4.55 Å². The summed E-state index contributed by atoms with van der Waals surface area (Å²) in [5, 5.41) is 0. The maximum Gasteiger partial charge on any atom is 0.265 e. The van der Waals surface area contributed by atoms with E-state index in [0.717, 1.165) is 0 Å². The Morgan fingerprint density at radius 1 is 1.60 bits per heavy atom. The lowest BCUT2D eigenvalue weighted by Gasteiger charge is -1.93. The minimum Gasteiger partial charge on any atom is -0.286 e. The molecule has 0 fully saturated rings. The van der Waals surface area contributed by atoms with Crippen molar-refractivity contribution in [3.05, 3.63) is 0 Å². The summed E-state index contributed by atoms with van der Waals surface area (Å²) in [6.45, 7) is 4.08. The van der Waals surface area contributed by atoms with Crippen LogP contribution < -0.4 is 0 Å². The lowest BCUT2D eigenvalue weighted by atomic mass is 10.5. The van der Waals surface area contributed by atoms with Gasteiger partial charge in [0.15, 0.2) is 0 Å². The van der Waals surface area contributed by atoms with Gasteiger partial charge in [0.05, 0.1) is 5.75 Å². The fraction of sp³-hybridized carbons (Fsp3) is 0.800. The van der Waals surface area contributed by atoms with Gasteiger partial charge in [-0.15, -0.1) is 0 Å². The van der Waals surface area contributed by atoms with Crippen LogP contribution in [0.4, 0.5) is 0 Å². The topological polar surface area (TPSA) is 57.4 Å². The zero-order valence-electron chi connectivity index (χ0n) is 5.95. The van der Waals surface area contributed by atoms with Gasteiger partial charge in [-0.2, -0.15) is 8.42 Å². The average molecular weight is 166 g/mol. The largest absolute Gasteiger partial charge is 0.286 e. The molecule has 0 heterocycles. The van der Waals surface area contributed by atoms with Gasteiger partial charge < -0.3 is 0 Å². The first-order valence-corrected chi connectivity index (χ1v) is 4.49. The van der Waals surface area contributed by atoms with Crippen molar-refractivity contribution >= 4 is 16.8 Å². The summed E-state index contributed by atoms with van der Waals surface area (Å²) < 4.78 is 30.1. The molecule has 0 saturated heterocycles. The SMILES string of the molecule is C=[N+](C)CCCS(=O)(=O)O. The van der Waals surface area contributed by atoms with Crippen LogP contribution in [0.15, 0.2) is 0 Å². The Balaban J connectivity index is 3.49. The molecule has 4 nitrogen and oxygen atoms in total. The first-order valence-electron chi connectivity index (χ1n) is 2.88. The van der Waals surface area contributed by atoms with E-state index in [1.165, 1.54) is 0 Å². The number of hydrogen-bond donors (Lipinski definition) is 1. The molecular weight excluding hydrogens is 154 g/mol. The average Bonchev–Trinajstić information content (AvgIpc) is 1.59. The molecule has 0 atom stereocenters. The molecule has 60 valence electrons. The second-order valence-electron chi connectivity index (χ2n) is 2.22. The fourth-order valence-electron chi connectivity index (χ4n) is 0.517. The third-order valence-electron chi connectivity index (χ3n) is 0.942. The summed E-state index contributed by atoms with van der Waals surface area (Å²) in [5.41, 5.74) is 0. The second-order valence-corrected chi connectivity index (χ2v) is 3.79. The summed E-state index contributed by atoms with van der Waals surface area (Å²) in [6, 6.07) is 0. The molecule has 5 heteroatoms. The molecule has 0 spiro atoms. The van der Waals surface area contributed by atoms with Crippen LogP contribution in [0.5, 0.6) is 0 Å². The summed E-state index contributed by atoms with van der Waals surface area (Å²) in [7, 11) is -2.03. The quantitative estimate of drug-likeness (QED) is 0.351. The molecule has 0 aliphatic rings. The van der Waals surface area contributed by atoms with Gasteiger partial charge in [0.2, 0.25) is 0 Å². The van der Waals surface area contributed by atoms with Crippen molar-refractivity contribution in [3.8, 4) is 0 Å². The van der Waals surface area contributed by atoms with Gasteiger partial charge in [-0.05, 0) is 0 Å². The van der Waals surface area contributed by atoms with Gasteiger partial charge in [-0.1, -0.05) is 0 Å². The predicted octanol–water partition coefficient (Wildman–Crippen LogP) is -0.393. The third-order valence-corrected chi connectivity index (χ3v) is 1.75. The van der Waals surface area contributed by atoms with E-state index in [2.05, 4.69) is 6.72 Å². The van der Waals surface area contributed by atoms with E-state index in [4.69, 9.17) is 4.55 Å². The first-order chi connectivity index (χ1) is 4.42. The molecule has 0 saturated carbocycles. The molecule has 0 aliphatic carbocycles. The molecule has 0 aromatic rings. The van der Waals surface area contributed by atoms with Crippen molar-refractivity contribution < 1.29 is 17.5 Å². The maximum absolute atomic E-state index is 10.1. The van der Waals surface area contributed by atoms with Crippen molar-refractivity contribution in [1.29, 1.82) is 0 Å². The van der Waals surface area contributed by atoms with E-state index < -0.39 is 10.1 Å². The van der Waals surface area contributed by atoms with Crippen molar-refractivity contribution in [1.82, 2.24) is 0 Å². The minimum atomic E-state index is -3.77. The molecule has 0 amide bonds. The number of rotatable bonds is 4. The Morgan fingerprint density at radius 2 is 2.10 bits per heavy atom. The normalized spacial score (nSPS) is 11.4. The van der Waals surface area contributed by atoms with Gasteiger partial charge >= 0.3 is 0 Å². The van der Waals surface area contributed by atoms with Gasteiger partial charge in [-0.25, -0.2) is 4.58 Å². The molecule has 0 aliphatic heterocycles. The van der Waals surface area contributed by atoms with E-state index in [1.807, 2.05) is 0 Å². The van der Waals surface area contributed by atoms with E-state index in [9.17, 15) is 8.42 Å². The molecule has 10 heavy (non-hydrogen) atoms. The highest BCUT2D eigenvalue weighted by atomic mass is 32.2. The summed E-state index contributed by atoms with van der Waals surface area (Å²) in [6.07, 6.45) is 0.416. The molecule has 0 bridgehead atoms. The first kappa shape index (κ1) is 9.58. The van der Waals surface area contributed by atoms with E-state index in [-0.39, 0.29) is 5.75 Å². The molecule has 0 rings (SSSR count). The molecule has 0 unspecified atom stereocenters. The van der Waals surface area contributed by atoms with Crippen molar-refractivity contribution in [2.24, 2.45) is 0 Å². The van der Waals surface area contributed by atoms with Crippen LogP contribution in [0.3, 0.4) is 0 Å². The third kappa shape index (κ3) is 7.58. The number of nitrogens with zero attached hydrogens (tertiary/aromatic N) is 1. The second kappa shape index (κ2) is 3.68. The van der Waals surface area contributed by atoms with Crippen molar-refractivity contribution in [3.63, 3.8) is 0 Å². The maximum atomic E-state index is 10.1. The van der Waals surface area contributed by atoms with Crippen LogP contribution in [0.25, 0.3) is 0 Å². The van der Waals surface area contributed by atoms with Crippen LogP contribution in [-0.2, 0) is 10.1 Å². The highest BCUT2D eigenvalue weighted by Crippen LogP contribution is 1.87. The van der Waals surface area contributed by atoms with Crippen LogP contribution in [0.1, 0.15) is 6.42 Å². The van der Waals surface area contributed by atoms with Gasteiger partial charge in [0, 0.05) is 6.42 Å². The Hall–Kier alpha value is -0.420. The lowest BCUT2D eigenvalue weighted by Crippen LogP contribution is -2.11. The minimum absolute atomic E-state index is 0.188. The fourth-order valence-corrected chi connectivity index (χ4v) is 1.01. The Labute approximate surface area is 60.9 Å². The van der Waals surface area contributed by atoms with E-state index >= 15 is 0 Å². The standard InChI is InChI=1S/C5H11NO3S/c1-6(2)4-3-5-10(7,8)9/h1,3-5H2,2H3/p+1. The van der Waals surface area contributed by atoms with Crippen molar-refractivity contribution in [2.75, 3.05) is 19.3 Å². The van der Waals surface area contributed by atoms with Crippen LogP contribution in [0.2, 0.25) is 0 Å². The molecule has 1 N–H and O–H groups in total. The van der Waals surface area contributed by atoms with Gasteiger partial charge in [0.1, 0.15) is 20.3 Å². The van der Waals surface area contributed by atoms with Crippen molar-refractivity contribution in [2.45, 2.75) is 6.42 Å². The van der Waals surface area contributed by atoms with Crippen LogP contribution in [-0.4, -0.2) is 43.6 Å². The lowest BCUT2D eigenvalue weighted by molar-refractivity contribution is -0.488. The highest BCUT2D eigenvalue weighted by molar-refractivity contribution is 7.85. The molecule has 0 radical (unpaired) electrons. The molecular formula is C5H12NO3S+. The van der Waals surface area contributed by atoms with Crippen LogP contribution >= 0.6 is 0 Å². The summed E-state index contributed by atoms with van der Waals surface area (Å²) >= 11 is 0. The number of hydrogen-bond acceptors (Lipinski definition) is 2. The molecule has 0 aromatic heterocycles. The summed E-state index contributed by atoms with van der Waals surface area (Å²) in [4.78, 5) is 0.